The van der Waals surface area contributed by atoms with Gasteiger partial charge >= 0.3 is 0 Å². The number of nitrogens with one attached hydrogen (secondary N) is 3. The van der Waals surface area contributed by atoms with Gasteiger partial charge in [-0.05, 0) is 19.9 Å². The molecular formula is C12H23N5. The van der Waals surface area contributed by atoms with E-state index >= 15 is 0 Å². The summed E-state index contributed by atoms with van der Waals surface area (Å²) < 4.78 is 2.09. The van der Waals surface area contributed by atoms with Crippen LogP contribution in [-0.4, -0.2) is 42.0 Å². The van der Waals surface area contributed by atoms with Gasteiger partial charge in [-0.25, -0.2) is 4.68 Å². The fourth-order valence-electron chi connectivity index (χ4n) is 2.06. The molecule has 1 unspecified atom stereocenters. The summed E-state index contributed by atoms with van der Waals surface area (Å²) >= 11 is 0. The Kier molecular flexibility index (Phi) is 4.39. The summed E-state index contributed by atoms with van der Waals surface area (Å²) in [6, 6.07) is 3.14. The highest BCUT2D eigenvalue weighted by molar-refractivity contribution is 5.34. The molecule has 0 spiro atoms. The van der Waals surface area contributed by atoms with E-state index < -0.39 is 0 Å². The molecule has 1 fully saturated rings. The smallest absolute Gasteiger partial charge is 0.124 e. The summed E-state index contributed by atoms with van der Waals surface area (Å²) in [7, 11) is 0. The van der Waals surface area contributed by atoms with Gasteiger partial charge in [-0.2, -0.15) is 5.10 Å². The number of aromatic nitrogens is 2. The van der Waals surface area contributed by atoms with Gasteiger partial charge in [0, 0.05) is 31.7 Å². The molecule has 0 saturated carbocycles. The van der Waals surface area contributed by atoms with Crippen molar-refractivity contribution in [1.29, 1.82) is 0 Å². The van der Waals surface area contributed by atoms with Crippen LogP contribution in [0.25, 0.3) is 0 Å². The fourth-order valence-corrected chi connectivity index (χ4v) is 2.06. The van der Waals surface area contributed by atoms with Crippen LogP contribution >= 0.6 is 0 Å². The highest BCUT2D eigenvalue weighted by atomic mass is 15.4. The predicted molar refractivity (Wildman–Crippen MR) is 70.4 cm³/mol. The van der Waals surface area contributed by atoms with Gasteiger partial charge in [0.2, 0.25) is 0 Å². The molecule has 1 aromatic heterocycles. The summed E-state index contributed by atoms with van der Waals surface area (Å²) in [5.74, 6) is 1.14. The van der Waals surface area contributed by atoms with Crippen molar-refractivity contribution in [1.82, 2.24) is 20.4 Å². The van der Waals surface area contributed by atoms with Gasteiger partial charge in [-0.1, -0.05) is 6.92 Å². The quantitative estimate of drug-likeness (QED) is 0.657. The van der Waals surface area contributed by atoms with E-state index in [9.17, 15) is 0 Å². The predicted octanol–water partition coefficient (Wildman–Crippen LogP) is 0.827. The number of nitrogens with zero attached hydrogens (tertiary/aromatic N) is 2. The molecule has 1 saturated heterocycles. The van der Waals surface area contributed by atoms with Crippen molar-refractivity contribution in [3.05, 3.63) is 12.3 Å². The van der Waals surface area contributed by atoms with Crippen LogP contribution in [0, 0.1) is 0 Å². The van der Waals surface area contributed by atoms with E-state index in [1.807, 2.05) is 6.20 Å². The molecule has 5 heteroatoms. The van der Waals surface area contributed by atoms with Crippen molar-refractivity contribution >= 4 is 5.82 Å². The van der Waals surface area contributed by atoms with Gasteiger partial charge in [0.1, 0.15) is 5.82 Å². The van der Waals surface area contributed by atoms with E-state index in [1.165, 1.54) is 0 Å². The molecule has 96 valence electrons. The van der Waals surface area contributed by atoms with Crippen molar-refractivity contribution in [3.8, 4) is 0 Å². The molecular weight excluding hydrogens is 214 g/mol. The molecule has 0 amide bonds. The van der Waals surface area contributed by atoms with E-state index in [0.29, 0.717) is 12.1 Å². The van der Waals surface area contributed by atoms with Crippen LogP contribution in [0.3, 0.4) is 0 Å². The van der Waals surface area contributed by atoms with E-state index in [4.69, 9.17) is 0 Å². The summed E-state index contributed by atoms with van der Waals surface area (Å²) in [4.78, 5) is 0. The average molecular weight is 237 g/mol. The van der Waals surface area contributed by atoms with E-state index in [0.717, 1.165) is 38.4 Å². The lowest BCUT2D eigenvalue weighted by molar-refractivity contribution is 0.321. The maximum atomic E-state index is 4.37. The minimum atomic E-state index is 0.527. The second kappa shape index (κ2) is 6.02. The van der Waals surface area contributed by atoms with Crippen molar-refractivity contribution < 1.29 is 0 Å². The van der Waals surface area contributed by atoms with Crippen molar-refractivity contribution in [2.24, 2.45) is 0 Å². The maximum Gasteiger partial charge on any atom is 0.124 e. The second-order valence-corrected chi connectivity index (χ2v) is 4.65. The molecule has 0 aliphatic carbocycles. The van der Waals surface area contributed by atoms with Gasteiger partial charge in [-0.15, -0.1) is 0 Å². The van der Waals surface area contributed by atoms with E-state index in [2.05, 4.69) is 45.6 Å². The van der Waals surface area contributed by atoms with Gasteiger partial charge in [-0.3, -0.25) is 0 Å². The third-order valence-electron chi connectivity index (χ3n) is 3.21. The normalized spacial score (nSPS) is 17.8. The Morgan fingerprint density at radius 3 is 3.06 bits per heavy atom. The van der Waals surface area contributed by atoms with Crippen molar-refractivity contribution in [2.45, 2.75) is 32.4 Å². The summed E-state index contributed by atoms with van der Waals surface area (Å²) in [5.41, 5.74) is 0. The van der Waals surface area contributed by atoms with E-state index in [-0.39, 0.29) is 0 Å². The molecule has 2 rings (SSSR count). The first-order chi connectivity index (χ1) is 8.31. The Bertz CT molecular complexity index is 331. The molecule has 0 bridgehead atoms. The molecule has 1 atom stereocenters. The molecule has 17 heavy (non-hydrogen) atoms. The molecule has 1 aromatic rings. The van der Waals surface area contributed by atoms with Gasteiger partial charge in [0.05, 0.1) is 12.2 Å². The minimum Gasteiger partial charge on any atom is -0.370 e. The SMILES string of the molecule is CCNC(C)CCNc1ccnn1C1CNC1. The first-order valence-electron chi connectivity index (χ1n) is 6.52. The largest absolute Gasteiger partial charge is 0.370 e. The van der Waals surface area contributed by atoms with Crippen LogP contribution in [0.4, 0.5) is 5.82 Å². The molecule has 2 heterocycles. The van der Waals surface area contributed by atoms with Crippen molar-refractivity contribution in [2.75, 3.05) is 31.5 Å². The van der Waals surface area contributed by atoms with Crippen molar-refractivity contribution in [3.63, 3.8) is 0 Å². The topological polar surface area (TPSA) is 53.9 Å². The van der Waals surface area contributed by atoms with Crippen LogP contribution in [0.1, 0.15) is 26.3 Å². The van der Waals surface area contributed by atoms with Crippen LogP contribution in [0.2, 0.25) is 0 Å². The highest BCUT2D eigenvalue weighted by Gasteiger charge is 2.21. The zero-order valence-electron chi connectivity index (χ0n) is 10.7. The zero-order chi connectivity index (χ0) is 12.1. The Morgan fingerprint density at radius 1 is 1.59 bits per heavy atom. The first-order valence-corrected chi connectivity index (χ1v) is 6.52. The average Bonchev–Trinajstić information content (AvgIpc) is 2.64. The maximum absolute atomic E-state index is 4.37. The Hall–Kier alpha value is -1.07. The monoisotopic (exact) mass is 237 g/mol. The Labute approximate surface area is 103 Å². The second-order valence-electron chi connectivity index (χ2n) is 4.65. The minimum absolute atomic E-state index is 0.527. The van der Waals surface area contributed by atoms with Crippen LogP contribution in [0.15, 0.2) is 12.3 Å². The number of hydrogen-bond donors (Lipinski definition) is 3. The lowest BCUT2D eigenvalue weighted by Crippen LogP contribution is -2.44. The van der Waals surface area contributed by atoms with Gasteiger partial charge in [0.15, 0.2) is 0 Å². The fraction of sp³-hybridized carbons (Fsp3) is 0.750. The lowest BCUT2D eigenvalue weighted by atomic mass is 10.2. The molecule has 1 aliphatic heterocycles. The third kappa shape index (κ3) is 3.20. The Morgan fingerprint density at radius 2 is 2.41 bits per heavy atom. The number of anilines is 1. The number of rotatable bonds is 7. The summed E-state index contributed by atoms with van der Waals surface area (Å²) in [5, 5.41) is 14.5. The molecule has 0 radical (unpaired) electrons. The van der Waals surface area contributed by atoms with Gasteiger partial charge in [0.25, 0.3) is 0 Å². The lowest BCUT2D eigenvalue weighted by Gasteiger charge is -2.29. The molecule has 3 N–H and O–H groups in total. The third-order valence-corrected chi connectivity index (χ3v) is 3.21. The van der Waals surface area contributed by atoms with E-state index in [1.54, 1.807) is 0 Å². The molecule has 1 aliphatic rings. The summed E-state index contributed by atoms with van der Waals surface area (Å²) in [6.45, 7) is 8.45. The zero-order valence-corrected chi connectivity index (χ0v) is 10.7. The standard InChI is InChI=1S/C12H23N5/c1-3-14-10(2)4-6-15-12-5-7-16-17(12)11-8-13-9-11/h5,7,10-11,13-15H,3-4,6,8-9H2,1-2H3. The first kappa shape index (κ1) is 12.4. The van der Waals surface area contributed by atoms with Crippen LogP contribution in [0.5, 0.6) is 0 Å². The van der Waals surface area contributed by atoms with Crippen LogP contribution < -0.4 is 16.0 Å². The Balaban J connectivity index is 1.76. The van der Waals surface area contributed by atoms with Gasteiger partial charge < -0.3 is 16.0 Å². The summed E-state index contributed by atoms with van der Waals surface area (Å²) in [6.07, 6.45) is 3.00. The highest BCUT2D eigenvalue weighted by Crippen LogP contribution is 2.17. The molecule has 5 nitrogen and oxygen atoms in total. The number of hydrogen-bond acceptors (Lipinski definition) is 4. The van der Waals surface area contributed by atoms with Crippen LogP contribution in [-0.2, 0) is 0 Å². The molecule has 0 aromatic carbocycles.